The Kier molecular flexibility index (Phi) is 5.11. The Morgan fingerprint density at radius 3 is 2.51 bits per heavy atom. The number of imidazole rings is 1. The standard InChI is InChI=1S/C27H27N7O/c1-29-26(35)21-16-20(24-30-14-15-31-24)25-32-22(23(34(25)33-21)18-6-3-2-4-7-18)17-8-10-19(11-9-17)27(28)12-5-13-27/h2-4,6-11,14-16,22-23H,5,12-13,28H2,1H3,(H,29,35)(H,30,31). The third-order valence-electron chi connectivity index (χ3n) is 7.21. The predicted octanol–water partition coefficient (Wildman–Crippen LogP) is 3.44. The van der Waals surface area contributed by atoms with Crippen molar-refractivity contribution in [3.63, 3.8) is 0 Å². The monoisotopic (exact) mass is 465 g/mol. The van der Waals surface area contributed by atoms with E-state index in [1.54, 1.807) is 25.5 Å². The molecule has 0 radical (unpaired) electrons. The molecule has 176 valence electrons. The summed E-state index contributed by atoms with van der Waals surface area (Å²) in [5, 5.41) is 9.31. The predicted molar refractivity (Wildman–Crippen MR) is 135 cm³/mol. The normalized spacial score (nSPS) is 22.5. The van der Waals surface area contributed by atoms with Crippen molar-refractivity contribution in [2.24, 2.45) is 15.8 Å². The molecular formula is C27H27N7O. The highest BCUT2D eigenvalue weighted by Gasteiger charge is 2.43. The molecule has 2 atom stereocenters. The van der Waals surface area contributed by atoms with Crippen LogP contribution in [0.25, 0.3) is 5.57 Å². The van der Waals surface area contributed by atoms with Crippen LogP contribution >= 0.6 is 0 Å². The third kappa shape index (κ3) is 3.57. The van der Waals surface area contributed by atoms with Gasteiger partial charge >= 0.3 is 0 Å². The maximum absolute atomic E-state index is 12.6. The summed E-state index contributed by atoms with van der Waals surface area (Å²) in [6.07, 6.45) is 8.41. The highest BCUT2D eigenvalue weighted by atomic mass is 16.1. The van der Waals surface area contributed by atoms with Gasteiger partial charge in [0.2, 0.25) is 0 Å². The van der Waals surface area contributed by atoms with Crippen molar-refractivity contribution in [3.8, 4) is 0 Å². The molecule has 8 heteroatoms. The van der Waals surface area contributed by atoms with E-state index in [1.165, 1.54) is 12.0 Å². The van der Waals surface area contributed by atoms with Gasteiger partial charge in [0, 0.05) is 25.0 Å². The zero-order valence-electron chi connectivity index (χ0n) is 19.5. The summed E-state index contributed by atoms with van der Waals surface area (Å²) >= 11 is 0. The molecule has 1 aromatic heterocycles. The minimum Gasteiger partial charge on any atom is -0.354 e. The van der Waals surface area contributed by atoms with Crippen molar-refractivity contribution in [1.82, 2.24) is 20.3 Å². The second kappa shape index (κ2) is 8.32. The minimum absolute atomic E-state index is 0.210. The molecule has 1 saturated carbocycles. The molecule has 3 heterocycles. The third-order valence-corrected chi connectivity index (χ3v) is 7.21. The van der Waals surface area contributed by atoms with Gasteiger partial charge in [0.1, 0.15) is 23.6 Å². The van der Waals surface area contributed by atoms with Crippen molar-refractivity contribution in [3.05, 3.63) is 95.6 Å². The maximum atomic E-state index is 12.6. The van der Waals surface area contributed by atoms with Crippen LogP contribution in [0.4, 0.5) is 0 Å². The Morgan fingerprint density at radius 2 is 1.89 bits per heavy atom. The average molecular weight is 466 g/mol. The van der Waals surface area contributed by atoms with Gasteiger partial charge < -0.3 is 16.0 Å². The molecule has 3 aliphatic rings. The summed E-state index contributed by atoms with van der Waals surface area (Å²) < 4.78 is 0. The number of carbonyl (C=O) groups excluding carboxylic acids is 1. The van der Waals surface area contributed by atoms with Crippen LogP contribution in [0.15, 0.2) is 83.2 Å². The number of aliphatic imine (C=N–C) groups is 1. The van der Waals surface area contributed by atoms with E-state index in [9.17, 15) is 4.79 Å². The Morgan fingerprint density at radius 1 is 1.11 bits per heavy atom. The first-order valence-electron chi connectivity index (χ1n) is 11.9. The van der Waals surface area contributed by atoms with E-state index in [0.29, 0.717) is 17.4 Å². The lowest BCUT2D eigenvalue weighted by Crippen LogP contribution is -2.43. The summed E-state index contributed by atoms with van der Waals surface area (Å²) in [5.41, 5.74) is 10.7. The van der Waals surface area contributed by atoms with Crippen molar-refractivity contribution in [2.45, 2.75) is 36.9 Å². The SMILES string of the molecule is CNC(=O)C1=NN2C(=NC(c3ccc(C4(N)CCC4)cc3)C2c2ccccc2)C(c2ncc[nH]2)=C1. The number of fused-ring (bicyclic) bond motifs is 1. The summed E-state index contributed by atoms with van der Waals surface area (Å²) in [6, 6.07) is 18.3. The van der Waals surface area contributed by atoms with Crippen LogP contribution in [0, 0.1) is 0 Å². The fourth-order valence-corrected chi connectivity index (χ4v) is 5.09. The number of nitrogens with one attached hydrogen (secondary N) is 2. The quantitative estimate of drug-likeness (QED) is 0.536. The molecule has 1 fully saturated rings. The van der Waals surface area contributed by atoms with Crippen molar-refractivity contribution in [1.29, 1.82) is 0 Å². The molecule has 6 rings (SSSR count). The van der Waals surface area contributed by atoms with Crippen LogP contribution < -0.4 is 11.1 Å². The first-order chi connectivity index (χ1) is 17.1. The molecule has 3 aromatic rings. The smallest absolute Gasteiger partial charge is 0.271 e. The maximum Gasteiger partial charge on any atom is 0.271 e. The van der Waals surface area contributed by atoms with Gasteiger partial charge in [-0.2, -0.15) is 5.10 Å². The number of amides is 1. The number of nitrogens with two attached hydrogens (primary N) is 1. The van der Waals surface area contributed by atoms with Gasteiger partial charge in [0.15, 0.2) is 5.84 Å². The highest BCUT2D eigenvalue weighted by molar-refractivity contribution is 6.48. The van der Waals surface area contributed by atoms with E-state index >= 15 is 0 Å². The lowest BCUT2D eigenvalue weighted by atomic mass is 9.72. The van der Waals surface area contributed by atoms with Crippen molar-refractivity contribution in [2.75, 3.05) is 7.05 Å². The fourth-order valence-electron chi connectivity index (χ4n) is 5.09. The molecule has 4 N–H and O–H groups in total. The van der Waals surface area contributed by atoms with E-state index in [-0.39, 0.29) is 23.5 Å². The fraction of sp³-hybridized carbons (Fsp3) is 0.259. The average Bonchev–Trinajstić information content (AvgIpc) is 3.55. The van der Waals surface area contributed by atoms with E-state index in [1.807, 2.05) is 23.2 Å². The Bertz CT molecular complexity index is 1340. The zero-order chi connectivity index (χ0) is 24.0. The molecular weight excluding hydrogens is 438 g/mol. The van der Waals surface area contributed by atoms with E-state index in [0.717, 1.165) is 29.5 Å². The lowest BCUT2D eigenvalue weighted by Gasteiger charge is -2.38. The summed E-state index contributed by atoms with van der Waals surface area (Å²) in [6.45, 7) is 0. The van der Waals surface area contributed by atoms with Crippen LogP contribution in [0.1, 0.15) is 53.9 Å². The number of carbonyl (C=O) groups is 1. The van der Waals surface area contributed by atoms with Crippen LogP contribution in [0.3, 0.4) is 0 Å². The topological polar surface area (TPSA) is 112 Å². The molecule has 0 saturated heterocycles. The van der Waals surface area contributed by atoms with Gasteiger partial charge in [-0.25, -0.2) is 9.99 Å². The molecule has 0 bridgehead atoms. The number of aromatic nitrogens is 2. The van der Waals surface area contributed by atoms with Crippen LogP contribution in [0.2, 0.25) is 0 Å². The number of aromatic amines is 1. The zero-order valence-corrected chi connectivity index (χ0v) is 19.5. The van der Waals surface area contributed by atoms with E-state index < -0.39 is 0 Å². The van der Waals surface area contributed by atoms with Gasteiger partial charge in [0.25, 0.3) is 5.91 Å². The van der Waals surface area contributed by atoms with Crippen LogP contribution in [-0.2, 0) is 10.3 Å². The largest absolute Gasteiger partial charge is 0.354 e. The molecule has 8 nitrogen and oxygen atoms in total. The van der Waals surface area contributed by atoms with Gasteiger partial charge in [-0.05, 0) is 42.0 Å². The lowest BCUT2D eigenvalue weighted by molar-refractivity contribution is -0.114. The molecule has 35 heavy (non-hydrogen) atoms. The molecule has 1 aliphatic carbocycles. The number of rotatable bonds is 5. The minimum atomic E-state index is -0.263. The van der Waals surface area contributed by atoms with Crippen molar-refractivity contribution >= 4 is 23.0 Å². The molecule has 2 aromatic carbocycles. The molecule has 2 unspecified atom stereocenters. The number of hydrogen-bond donors (Lipinski definition) is 3. The number of benzene rings is 2. The van der Waals surface area contributed by atoms with E-state index in [4.69, 9.17) is 15.8 Å². The van der Waals surface area contributed by atoms with Crippen molar-refractivity contribution < 1.29 is 4.79 Å². The van der Waals surface area contributed by atoms with Gasteiger partial charge in [-0.15, -0.1) is 0 Å². The number of amidine groups is 1. The molecule has 1 amide bonds. The summed E-state index contributed by atoms with van der Waals surface area (Å²) in [4.78, 5) is 25.4. The Balaban J connectivity index is 1.47. The van der Waals surface area contributed by atoms with E-state index in [2.05, 4.69) is 51.7 Å². The number of hydrogen-bond acceptors (Lipinski definition) is 6. The second-order valence-electron chi connectivity index (χ2n) is 9.29. The number of H-pyrrole nitrogens is 1. The Labute approximate surface area is 203 Å². The second-order valence-corrected chi connectivity index (χ2v) is 9.29. The van der Waals surface area contributed by atoms with Gasteiger partial charge in [-0.3, -0.25) is 9.79 Å². The van der Waals surface area contributed by atoms with Crippen LogP contribution in [0.5, 0.6) is 0 Å². The Hall–Kier alpha value is -4.04. The first kappa shape index (κ1) is 21.5. The first-order valence-corrected chi connectivity index (χ1v) is 11.9. The summed E-state index contributed by atoms with van der Waals surface area (Å²) in [5.74, 6) is 1.06. The molecule has 2 aliphatic heterocycles. The summed E-state index contributed by atoms with van der Waals surface area (Å²) in [7, 11) is 1.60. The van der Waals surface area contributed by atoms with Gasteiger partial charge in [-0.1, -0.05) is 54.6 Å². The number of nitrogens with zero attached hydrogens (tertiary/aromatic N) is 4. The molecule has 0 spiro atoms. The van der Waals surface area contributed by atoms with Crippen LogP contribution in [-0.4, -0.2) is 39.5 Å². The number of hydrazone groups is 1. The van der Waals surface area contributed by atoms with Gasteiger partial charge in [0.05, 0.1) is 5.57 Å². The highest BCUT2D eigenvalue weighted by Crippen LogP contribution is 2.46.